The van der Waals surface area contributed by atoms with E-state index in [1.54, 1.807) is 26.4 Å². The number of ether oxygens (including phenoxy) is 3. The standard InChI is InChI=1S/C25H34N2O4/c1-4-15-27(19-17-21-23(30-3)12-9-13-24(21)31-18-19)16-8-7-14-26-25(28)20-10-5-6-11-22(20)29-2/h5-6,9-13,19H,4,7-8,14-18H2,1-3H3,(H,26,28). The molecule has 0 radical (unpaired) electrons. The maximum Gasteiger partial charge on any atom is 0.255 e. The Kier molecular flexibility index (Phi) is 8.59. The first kappa shape index (κ1) is 22.9. The van der Waals surface area contributed by atoms with Crippen molar-refractivity contribution in [3.63, 3.8) is 0 Å². The third-order valence-corrected chi connectivity index (χ3v) is 5.72. The van der Waals surface area contributed by atoms with Crippen molar-refractivity contribution in [2.45, 2.75) is 38.6 Å². The summed E-state index contributed by atoms with van der Waals surface area (Å²) in [5.74, 6) is 2.35. The van der Waals surface area contributed by atoms with Crippen LogP contribution in [0.1, 0.15) is 42.1 Å². The van der Waals surface area contributed by atoms with Gasteiger partial charge in [-0.1, -0.05) is 25.1 Å². The summed E-state index contributed by atoms with van der Waals surface area (Å²) in [7, 11) is 3.29. The molecule has 2 aromatic carbocycles. The Bertz CT molecular complexity index is 841. The average Bonchev–Trinajstić information content (AvgIpc) is 2.82. The largest absolute Gasteiger partial charge is 0.496 e. The summed E-state index contributed by atoms with van der Waals surface area (Å²) in [5, 5.41) is 3.01. The molecule has 0 saturated carbocycles. The molecule has 0 bridgehead atoms. The van der Waals surface area contributed by atoms with E-state index >= 15 is 0 Å². The van der Waals surface area contributed by atoms with E-state index in [-0.39, 0.29) is 5.91 Å². The molecule has 3 rings (SSSR count). The van der Waals surface area contributed by atoms with Crippen molar-refractivity contribution in [1.82, 2.24) is 10.2 Å². The zero-order valence-corrected chi connectivity index (χ0v) is 18.9. The lowest BCUT2D eigenvalue weighted by molar-refractivity contribution is 0.0947. The molecule has 1 atom stereocenters. The highest BCUT2D eigenvalue weighted by Crippen LogP contribution is 2.34. The summed E-state index contributed by atoms with van der Waals surface area (Å²) in [4.78, 5) is 14.9. The van der Waals surface area contributed by atoms with Crippen LogP contribution in [0.5, 0.6) is 17.2 Å². The normalized spacial score (nSPS) is 15.2. The number of carbonyl (C=O) groups is 1. The van der Waals surface area contributed by atoms with Gasteiger partial charge in [0, 0.05) is 18.2 Å². The van der Waals surface area contributed by atoms with Gasteiger partial charge in [-0.25, -0.2) is 0 Å². The van der Waals surface area contributed by atoms with Gasteiger partial charge in [0.2, 0.25) is 0 Å². The van der Waals surface area contributed by atoms with Gasteiger partial charge in [0.05, 0.1) is 19.8 Å². The summed E-state index contributed by atoms with van der Waals surface area (Å²) >= 11 is 0. The number of methoxy groups -OCH3 is 2. The highest BCUT2D eigenvalue weighted by Gasteiger charge is 2.27. The van der Waals surface area contributed by atoms with Crippen LogP contribution >= 0.6 is 0 Å². The molecular weight excluding hydrogens is 392 g/mol. The number of nitrogens with one attached hydrogen (secondary N) is 1. The summed E-state index contributed by atoms with van der Waals surface area (Å²) in [5.41, 5.74) is 1.73. The Morgan fingerprint density at radius 2 is 1.84 bits per heavy atom. The fraction of sp³-hybridized carbons (Fsp3) is 0.480. The molecule has 0 spiro atoms. The number of nitrogens with zero attached hydrogens (tertiary/aromatic N) is 1. The zero-order valence-electron chi connectivity index (χ0n) is 18.9. The van der Waals surface area contributed by atoms with Gasteiger partial charge in [-0.3, -0.25) is 9.69 Å². The van der Waals surface area contributed by atoms with Crippen LogP contribution in [0.15, 0.2) is 42.5 Å². The Labute approximate surface area is 185 Å². The SMILES string of the molecule is CCCN(CCCCNC(=O)c1ccccc1OC)C1COc2cccc(OC)c2C1. The molecule has 1 N–H and O–H groups in total. The second kappa shape index (κ2) is 11.6. The second-order valence-electron chi connectivity index (χ2n) is 7.81. The third kappa shape index (κ3) is 5.91. The number of rotatable bonds is 11. The quantitative estimate of drug-likeness (QED) is 0.552. The summed E-state index contributed by atoms with van der Waals surface area (Å²) < 4.78 is 16.9. The number of hydrogen-bond acceptors (Lipinski definition) is 5. The number of fused-ring (bicyclic) bond motifs is 1. The predicted molar refractivity (Wildman–Crippen MR) is 122 cm³/mol. The van der Waals surface area contributed by atoms with Gasteiger partial charge in [-0.15, -0.1) is 0 Å². The Balaban J connectivity index is 1.48. The monoisotopic (exact) mass is 426 g/mol. The molecule has 0 aliphatic carbocycles. The minimum Gasteiger partial charge on any atom is -0.496 e. The molecule has 1 aliphatic heterocycles. The van der Waals surface area contributed by atoms with Crippen LogP contribution < -0.4 is 19.5 Å². The molecule has 1 aliphatic rings. The van der Waals surface area contributed by atoms with Crippen molar-refractivity contribution < 1.29 is 19.0 Å². The molecule has 0 aromatic heterocycles. The fourth-order valence-electron chi connectivity index (χ4n) is 4.12. The van der Waals surface area contributed by atoms with E-state index in [4.69, 9.17) is 14.2 Å². The Morgan fingerprint density at radius 3 is 2.61 bits per heavy atom. The number of benzene rings is 2. The highest BCUT2D eigenvalue weighted by molar-refractivity contribution is 5.96. The summed E-state index contributed by atoms with van der Waals surface area (Å²) in [6.45, 7) is 5.57. The molecule has 6 nitrogen and oxygen atoms in total. The number of amides is 1. The number of carbonyl (C=O) groups excluding carboxylic acids is 1. The Morgan fingerprint density at radius 1 is 1.06 bits per heavy atom. The number of unbranched alkanes of at least 4 members (excludes halogenated alkanes) is 1. The molecule has 6 heteroatoms. The summed E-state index contributed by atoms with van der Waals surface area (Å²) in [6.07, 6.45) is 3.97. The topological polar surface area (TPSA) is 60.0 Å². The van der Waals surface area contributed by atoms with Crippen LogP contribution in [0.4, 0.5) is 0 Å². The Hall–Kier alpha value is -2.73. The minimum absolute atomic E-state index is 0.0905. The van der Waals surface area contributed by atoms with Gasteiger partial charge >= 0.3 is 0 Å². The van der Waals surface area contributed by atoms with Crippen LogP contribution in [-0.2, 0) is 6.42 Å². The second-order valence-corrected chi connectivity index (χ2v) is 7.81. The maximum absolute atomic E-state index is 12.4. The average molecular weight is 427 g/mol. The molecule has 2 aromatic rings. The molecule has 1 unspecified atom stereocenters. The van der Waals surface area contributed by atoms with Gasteiger partial charge in [0.25, 0.3) is 5.91 Å². The lowest BCUT2D eigenvalue weighted by Gasteiger charge is -2.35. The molecule has 0 saturated heterocycles. The molecule has 168 valence electrons. The first-order chi connectivity index (χ1) is 15.2. The lowest BCUT2D eigenvalue weighted by Crippen LogP contribution is -2.44. The van der Waals surface area contributed by atoms with E-state index in [0.717, 1.165) is 55.8 Å². The van der Waals surface area contributed by atoms with Gasteiger partial charge in [-0.05, 0) is 63.0 Å². The van der Waals surface area contributed by atoms with Gasteiger partial charge in [0.15, 0.2) is 0 Å². The van der Waals surface area contributed by atoms with E-state index in [0.29, 0.717) is 30.5 Å². The van der Waals surface area contributed by atoms with E-state index in [1.165, 1.54) is 0 Å². The summed E-state index contributed by atoms with van der Waals surface area (Å²) in [6, 6.07) is 13.6. The number of para-hydroxylation sites is 1. The molecular formula is C25H34N2O4. The van der Waals surface area contributed by atoms with Crippen LogP contribution in [-0.4, -0.2) is 57.3 Å². The molecule has 0 fully saturated rings. The first-order valence-corrected chi connectivity index (χ1v) is 11.1. The van der Waals surface area contributed by atoms with Crippen LogP contribution in [0.3, 0.4) is 0 Å². The van der Waals surface area contributed by atoms with Gasteiger partial charge < -0.3 is 19.5 Å². The predicted octanol–water partition coefficient (Wildman–Crippen LogP) is 3.93. The maximum atomic E-state index is 12.4. The van der Waals surface area contributed by atoms with E-state index in [2.05, 4.69) is 17.1 Å². The van der Waals surface area contributed by atoms with Crippen LogP contribution in [0, 0.1) is 0 Å². The van der Waals surface area contributed by atoms with Crippen molar-refractivity contribution in [3.05, 3.63) is 53.6 Å². The van der Waals surface area contributed by atoms with Crippen molar-refractivity contribution in [3.8, 4) is 17.2 Å². The minimum atomic E-state index is -0.0905. The molecule has 1 amide bonds. The van der Waals surface area contributed by atoms with E-state index < -0.39 is 0 Å². The van der Waals surface area contributed by atoms with Crippen molar-refractivity contribution in [2.24, 2.45) is 0 Å². The smallest absolute Gasteiger partial charge is 0.255 e. The van der Waals surface area contributed by atoms with Crippen LogP contribution in [0.25, 0.3) is 0 Å². The molecule has 1 heterocycles. The van der Waals surface area contributed by atoms with Gasteiger partial charge in [-0.2, -0.15) is 0 Å². The van der Waals surface area contributed by atoms with Crippen LogP contribution in [0.2, 0.25) is 0 Å². The first-order valence-electron chi connectivity index (χ1n) is 11.1. The fourth-order valence-corrected chi connectivity index (χ4v) is 4.12. The van der Waals surface area contributed by atoms with E-state index in [9.17, 15) is 4.79 Å². The lowest BCUT2D eigenvalue weighted by atomic mass is 10.00. The molecule has 31 heavy (non-hydrogen) atoms. The van der Waals surface area contributed by atoms with Crippen molar-refractivity contribution >= 4 is 5.91 Å². The van der Waals surface area contributed by atoms with Crippen molar-refractivity contribution in [1.29, 1.82) is 0 Å². The third-order valence-electron chi connectivity index (χ3n) is 5.72. The highest BCUT2D eigenvalue weighted by atomic mass is 16.5. The van der Waals surface area contributed by atoms with Crippen molar-refractivity contribution in [2.75, 3.05) is 40.5 Å². The zero-order chi connectivity index (χ0) is 22.1. The van der Waals surface area contributed by atoms with E-state index in [1.807, 2.05) is 30.3 Å². The number of hydrogen-bond donors (Lipinski definition) is 1. The van der Waals surface area contributed by atoms with Gasteiger partial charge in [0.1, 0.15) is 23.9 Å².